The normalized spacial score (nSPS) is 16.2. The third-order valence-electron chi connectivity index (χ3n) is 4.71. The van der Waals surface area contributed by atoms with Crippen LogP contribution in [-0.4, -0.2) is 56.9 Å². The van der Waals surface area contributed by atoms with Crippen LogP contribution in [0.1, 0.15) is 17.8 Å². The maximum absolute atomic E-state index is 12.7. The van der Waals surface area contributed by atoms with E-state index in [1.54, 1.807) is 18.3 Å². The highest BCUT2D eigenvalue weighted by molar-refractivity contribution is 8.00. The summed E-state index contributed by atoms with van der Waals surface area (Å²) in [5.74, 6) is 0.937. The molecular weight excluding hydrogens is 389 g/mol. The molecule has 0 spiro atoms. The number of imidazole rings is 1. The lowest BCUT2D eigenvalue weighted by molar-refractivity contribution is -0.130. The Bertz CT molecular complexity index is 808. The lowest BCUT2D eigenvalue weighted by Gasteiger charge is -2.22. The van der Waals surface area contributed by atoms with Gasteiger partial charge in [-0.2, -0.15) is 13.2 Å². The number of carbonyl (C=O) groups is 1. The fourth-order valence-electron chi connectivity index (χ4n) is 3.27. The van der Waals surface area contributed by atoms with Crippen LogP contribution in [0.2, 0.25) is 0 Å². The van der Waals surface area contributed by atoms with Gasteiger partial charge in [0.2, 0.25) is 5.91 Å². The minimum atomic E-state index is -4.33. The number of aromatic nitrogens is 2. The Labute approximate surface area is 166 Å². The molecule has 1 aromatic heterocycles. The number of amides is 1. The van der Waals surface area contributed by atoms with Crippen molar-refractivity contribution in [1.82, 2.24) is 19.4 Å². The molecule has 1 aromatic carbocycles. The van der Waals surface area contributed by atoms with Crippen molar-refractivity contribution in [3.05, 3.63) is 48.0 Å². The van der Waals surface area contributed by atoms with Crippen molar-refractivity contribution in [2.75, 3.05) is 26.2 Å². The van der Waals surface area contributed by atoms with Gasteiger partial charge in [-0.15, -0.1) is 0 Å². The van der Waals surface area contributed by atoms with E-state index < -0.39 is 5.51 Å². The van der Waals surface area contributed by atoms with Crippen LogP contribution in [0.4, 0.5) is 13.2 Å². The van der Waals surface area contributed by atoms with Crippen molar-refractivity contribution >= 4 is 17.7 Å². The summed E-state index contributed by atoms with van der Waals surface area (Å²) < 4.78 is 39.6. The van der Waals surface area contributed by atoms with Gasteiger partial charge in [-0.25, -0.2) is 4.98 Å². The maximum atomic E-state index is 12.7. The molecule has 152 valence electrons. The number of hydrogen-bond donors (Lipinski definition) is 0. The molecule has 0 aliphatic carbocycles. The maximum Gasteiger partial charge on any atom is 0.446 e. The fourth-order valence-corrected chi connectivity index (χ4v) is 3.89. The summed E-state index contributed by atoms with van der Waals surface area (Å²) in [5.41, 5.74) is -3.72. The average Bonchev–Trinajstić information content (AvgIpc) is 2.87. The SMILES string of the molecule is Cn1ccnc1CN1CCCN(C(=O)Cc2cccc(SC(F)(F)F)c2)CC1. The average molecular weight is 412 g/mol. The van der Waals surface area contributed by atoms with Crippen LogP contribution in [-0.2, 0) is 24.8 Å². The third kappa shape index (κ3) is 6.00. The summed E-state index contributed by atoms with van der Waals surface area (Å²) in [5, 5.41) is 0. The number of nitrogens with zero attached hydrogens (tertiary/aromatic N) is 4. The number of rotatable bonds is 5. The van der Waals surface area contributed by atoms with Gasteiger partial charge in [-0.1, -0.05) is 12.1 Å². The summed E-state index contributed by atoms with van der Waals surface area (Å²) in [7, 11) is 1.96. The number of halogens is 3. The fraction of sp³-hybridized carbons (Fsp3) is 0.474. The number of aryl methyl sites for hydroxylation is 1. The summed E-state index contributed by atoms with van der Waals surface area (Å²) in [6.07, 6.45) is 4.66. The van der Waals surface area contributed by atoms with Crippen molar-refractivity contribution in [3.8, 4) is 0 Å². The number of thioether (sulfide) groups is 1. The Morgan fingerprint density at radius 2 is 2.04 bits per heavy atom. The van der Waals surface area contributed by atoms with Crippen LogP contribution < -0.4 is 0 Å². The van der Waals surface area contributed by atoms with Gasteiger partial charge in [-0.05, 0) is 35.9 Å². The van der Waals surface area contributed by atoms with Gasteiger partial charge < -0.3 is 9.47 Å². The zero-order chi connectivity index (χ0) is 20.1. The molecule has 9 heteroatoms. The Morgan fingerprint density at radius 1 is 1.21 bits per heavy atom. The summed E-state index contributed by atoms with van der Waals surface area (Å²) in [6.45, 7) is 3.65. The van der Waals surface area contributed by atoms with Gasteiger partial charge in [0.05, 0.1) is 13.0 Å². The van der Waals surface area contributed by atoms with Crippen LogP contribution >= 0.6 is 11.8 Å². The van der Waals surface area contributed by atoms with Crippen LogP contribution in [0, 0.1) is 0 Å². The molecular formula is C19H23F3N4OS. The van der Waals surface area contributed by atoms with E-state index >= 15 is 0 Å². The molecule has 28 heavy (non-hydrogen) atoms. The van der Waals surface area contributed by atoms with Crippen LogP contribution in [0.15, 0.2) is 41.6 Å². The number of hydrogen-bond acceptors (Lipinski definition) is 4. The van der Waals surface area contributed by atoms with Crippen molar-refractivity contribution in [3.63, 3.8) is 0 Å². The predicted octanol–water partition coefficient (Wildman–Crippen LogP) is 3.31. The summed E-state index contributed by atoms with van der Waals surface area (Å²) in [6, 6.07) is 6.12. The van der Waals surface area contributed by atoms with E-state index in [0.29, 0.717) is 18.7 Å². The number of alkyl halides is 3. The molecule has 0 bridgehead atoms. The van der Waals surface area contributed by atoms with Gasteiger partial charge in [0.15, 0.2) is 0 Å². The first-order chi connectivity index (χ1) is 13.3. The van der Waals surface area contributed by atoms with E-state index in [0.717, 1.165) is 31.9 Å². The Kier molecular flexibility index (Phi) is 6.66. The molecule has 1 aliphatic rings. The first-order valence-corrected chi connectivity index (χ1v) is 9.93. The lowest BCUT2D eigenvalue weighted by Crippen LogP contribution is -2.36. The molecule has 0 unspecified atom stereocenters. The molecule has 1 aliphatic heterocycles. The standard InChI is InChI=1S/C19H23F3N4OS/c1-24-9-6-23-17(24)14-25-7-3-8-26(11-10-25)18(27)13-15-4-2-5-16(12-15)28-19(20,21)22/h2,4-6,9,12H,3,7-8,10-11,13-14H2,1H3. The molecule has 2 aromatic rings. The first-order valence-electron chi connectivity index (χ1n) is 9.11. The van der Waals surface area contributed by atoms with Crippen molar-refractivity contribution < 1.29 is 18.0 Å². The minimum Gasteiger partial charge on any atom is -0.341 e. The van der Waals surface area contributed by atoms with E-state index in [1.165, 1.54) is 12.1 Å². The van der Waals surface area contributed by atoms with Crippen molar-refractivity contribution in [2.24, 2.45) is 7.05 Å². The van der Waals surface area contributed by atoms with Crippen molar-refractivity contribution in [2.45, 2.75) is 29.8 Å². The minimum absolute atomic E-state index is 0.0481. The van der Waals surface area contributed by atoms with Crippen LogP contribution in [0.25, 0.3) is 0 Å². The molecule has 1 fully saturated rings. The zero-order valence-electron chi connectivity index (χ0n) is 15.7. The van der Waals surface area contributed by atoms with Gasteiger partial charge in [-0.3, -0.25) is 9.69 Å². The van der Waals surface area contributed by atoms with E-state index in [4.69, 9.17) is 0 Å². The topological polar surface area (TPSA) is 41.4 Å². The second kappa shape index (κ2) is 9.00. The molecule has 2 heterocycles. The number of benzene rings is 1. The summed E-state index contributed by atoms with van der Waals surface area (Å²) in [4.78, 5) is 21.2. The molecule has 5 nitrogen and oxygen atoms in total. The molecule has 0 N–H and O–H groups in total. The van der Waals surface area contributed by atoms with E-state index in [9.17, 15) is 18.0 Å². The van der Waals surface area contributed by atoms with E-state index in [-0.39, 0.29) is 29.0 Å². The van der Waals surface area contributed by atoms with E-state index in [2.05, 4.69) is 9.88 Å². The van der Waals surface area contributed by atoms with Gasteiger partial charge in [0.1, 0.15) is 5.82 Å². The Hall–Kier alpha value is -2.00. The third-order valence-corrected chi connectivity index (χ3v) is 5.44. The van der Waals surface area contributed by atoms with Gasteiger partial charge in [0.25, 0.3) is 0 Å². The molecule has 1 amide bonds. The molecule has 1 saturated heterocycles. The Balaban J connectivity index is 1.55. The van der Waals surface area contributed by atoms with Gasteiger partial charge >= 0.3 is 5.51 Å². The first kappa shape index (κ1) is 20.7. The quantitative estimate of drug-likeness (QED) is 0.707. The lowest BCUT2D eigenvalue weighted by atomic mass is 10.1. The molecule has 0 radical (unpaired) electrons. The second-order valence-corrected chi connectivity index (χ2v) is 7.98. The van der Waals surface area contributed by atoms with Gasteiger partial charge in [0, 0.05) is 50.5 Å². The van der Waals surface area contributed by atoms with Crippen molar-refractivity contribution in [1.29, 1.82) is 0 Å². The van der Waals surface area contributed by atoms with Crippen LogP contribution in [0.5, 0.6) is 0 Å². The highest BCUT2D eigenvalue weighted by Crippen LogP contribution is 2.37. The monoisotopic (exact) mass is 412 g/mol. The Morgan fingerprint density at radius 3 is 2.75 bits per heavy atom. The highest BCUT2D eigenvalue weighted by atomic mass is 32.2. The highest BCUT2D eigenvalue weighted by Gasteiger charge is 2.29. The smallest absolute Gasteiger partial charge is 0.341 e. The molecule has 0 saturated carbocycles. The zero-order valence-corrected chi connectivity index (χ0v) is 16.5. The number of carbonyl (C=O) groups excluding carboxylic acids is 1. The molecule has 3 rings (SSSR count). The second-order valence-electron chi connectivity index (χ2n) is 6.84. The summed E-state index contributed by atoms with van der Waals surface area (Å²) >= 11 is -0.156. The largest absolute Gasteiger partial charge is 0.446 e. The predicted molar refractivity (Wildman–Crippen MR) is 102 cm³/mol. The van der Waals surface area contributed by atoms with Crippen LogP contribution in [0.3, 0.4) is 0 Å². The van der Waals surface area contributed by atoms with E-state index in [1.807, 2.05) is 22.7 Å². The molecule has 0 atom stereocenters.